The number of rotatable bonds is 4. The van der Waals surface area contributed by atoms with Gasteiger partial charge in [0, 0.05) is 6.04 Å². The molecule has 0 aliphatic carbocycles. The Bertz CT molecular complexity index is 316. The third-order valence-corrected chi connectivity index (χ3v) is 2.27. The lowest BCUT2D eigenvalue weighted by Gasteiger charge is -2.16. The summed E-state index contributed by atoms with van der Waals surface area (Å²) in [7, 11) is 0. The van der Waals surface area contributed by atoms with Gasteiger partial charge < -0.3 is 5.32 Å². The standard InChI is InChI=1S/C11H14F3N/c1-3-10(15-4-2)7-5-8(12)11(14)9(13)6-7/h5-6,10,15H,3-4H2,1-2H3. The minimum Gasteiger partial charge on any atom is -0.310 e. The molecule has 0 fully saturated rings. The first-order valence-electron chi connectivity index (χ1n) is 4.98. The topological polar surface area (TPSA) is 12.0 Å². The first kappa shape index (κ1) is 12.0. The number of halogens is 3. The number of benzene rings is 1. The number of hydrogen-bond donors (Lipinski definition) is 1. The van der Waals surface area contributed by atoms with E-state index >= 15 is 0 Å². The van der Waals surface area contributed by atoms with Gasteiger partial charge in [-0.2, -0.15) is 0 Å². The Morgan fingerprint density at radius 1 is 1.13 bits per heavy atom. The van der Waals surface area contributed by atoms with Crippen molar-refractivity contribution in [2.45, 2.75) is 26.3 Å². The average molecular weight is 217 g/mol. The SMILES string of the molecule is CCNC(CC)c1cc(F)c(F)c(F)c1. The van der Waals surface area contributed by atoms with Crippen molar-refractivity contribution in [1.29, 1.82) is 0 Å². The Morgan fingerprint density at radius 3 is 2.07 bits per heavy atom. The highest BCUT2D eigenvalue weighted by Crippen LogP contribution is 2.21. The van der Waals surface area contributed by atoms with Crippen LogP contribution in [0.15, 0.2) is 12.1 Å². The summed E-state index contributed by atoms with van der Waals surface area (Å²) in [6, 6.07) is 1.93. The van der Waals surface area contributed by atoms with Crippen molar-refractivity contribution in [2.75, 3.05) is 6.54 Å². The second kappa shape index (κ2) is 5.16. The summed E-state index contributed by atoms with van der Waals surface area (Å²) >= 11 is 0. The van der Waals surface area contributed by atoms with Crippen molar-refractivity contribution in [2.24, 2.45) is 0 Å². The van der Waals surface area contributed by atoms with Crippen molar-refractivity contribution in [1.82, 2.24) is 5.32 Å². The predicted molar refractivity (Wildman–Crippen MR) is 53.0 cm³/mol. The van der Waals surface area contributed by atoms with E-state index in [1.165, 1.54) is 0 Å². The fourth-order valence-electron chi connectivity index (χ4n) is 1.52. The van der Waals surface area contributed by atoms with E-state index < -0.39 is 17.5 Å². The summed E-state index contributed by atoms with van der Waals surface area (Å²) in [5, 5.41) is 3.07. The fourth-order valence-corrected chi connectivity index (χ4v) is 1.52. The molecule has 1 rings (SSSR count). The lowest BCUT2D eigenvalue weighted by molar-refractivity contribution is 0.438. The van der Waals surface area contributed by atoms with Gasteiger partial charge in [0.1, 0.15) is 0 Å². The molecular weight excluding hydrogens is 203 g/mol. The van der Waals surface area contributed by atoms with Crippen LogP contribution >= 0.6 is 0 Å². The maximum absolute atomic E-state index is 12.9. The van der Waals surface area contributed by atoms with Crippen LogP contribution in [0.2, 0.25) is 0 Å². The van der Waals surface area contributed by atoms with Crippen LogP contribution in [0.4, 0.5) is 13.2 Å². The van der Waals surface area contributed by atoms with Crippen molar-refractivity contribution in [3.63, 3.8) is 0 Å². The molecule has 0 aliphatic heterocycles. The predicted octanol–water partition coefficient (Wildman–Crippen LogP) is 3.16. The van der Waals surface area contributed by atoms with Gasteiger partial charge in [0.2, 0.25) is 0 Å². The van der Waals surface area contributed by atoms with Gasteiger partial charge in [0.05, 0.1) is 0 Å². The molecule has 1 atom stereocenters. The second-order valence-corrected chi connectivity index (χ2v) is 3.32. The summed E-state index contributed by atoms with van der Waals surface area (Å²) in [6.45, 7) is 4.49. The van der Waals surface area contributed by atoms with E-state index in [0.717, 1.165) is 12.1 Å². The molecule has 0 radical (unpaired) electrons. The molecule has 4 heteroatoms. The number of hydrogen-bond acceptors (Lipinski definition) is 1. The molecule has 1 N–H and O–H groups in total. The van der Waals surface area contributed by atoms with Crippen molar-refractivity contribution in [3.8, 4) is 0 Å². The summed E-state index contributed by atoms with van der Waals surface area (Å²) in [5.74, 6) is -3.69. The first-order chi connectivity index (χ1) is 7.10. The quantitative estimate of drug-likeness (QED) is 0.764. The zero-order chi connectivity index (χ0) is 11.4. The van der Waals surface area contributed by atoms with Gasteiger partial charge in [0.15, 0.2) is 17.5 Å². The summed E-state index contributed by atoms with van der Waals surface area (Å²) in [4.78, 5) is 0. The molecule has 1 nitrogen and oxygen atoms in total. The van der Waals surface area contributed by atoms with Crippen molar-refractivity contribution < 1.29 is 13.2 Å². The molecule has 0 amide bonds. The maximum Gasteiger partial charge on any atom is 0.194 e. The zero-order valence-corrected chi connectivity index (χ0v) is 8.78. The Labute approximate surface area is 87.3 Å². The number of nitrogens with one attached hydrogen (secondary N) is 1. The fraction of sp³-hybridized carbons (Fsp3) is 0.455. The smallest absolute Gasteiger partial charge is 0.194 e. The molecule has 0 bridgehead atoms. The van der Waals surface area contributed by atoms with Crippen LogP contribution in [-0.4, -0.2) is 6.54 Å². The van der Waals surface area contributed by atoms with Crippen LogP contribution in [-0.2, 0) is 0 Å². The molecule has 15 heavy (non-hydrogen) atoms. The monoisotopic (exact) mass is 217 g/mol. The van der Waals surface area contributed by atoms with Crippen LogP contribution in [0, 0.1) is 17.5 Å². The van der Waals surface area contributed by atoms with Gasteiger partial charge in [-0.25, -0.2) is 13.2 Å². The molecule has 0 aliphatic rings. The van der Waals surface area contributed by atoms with Crippen LogP contribution in [0.25, 0.3) is 0 Å². The Hall–Kier alpha value is -1.03. The van der Waals surface area contributed by atoms with Crippen molar-refractivity contribution >= 4 is 0 Å². The van der Waals surface area contributed by atoms with E-state index in [9.17, 15) is 13.2 Å². The van der Waals surface area contributed by atoms with Crippen LogP contribution in [0.3, 0.4) is 0 Å². The van der Waals surface area contributed by atoms with E-state index in [1.54, 1.807) is 0 Å². The third-order valence-electron chi connectivity index (χ3n) is 2.27. The minimum absolute atomic E-state index is 0.139. The highest BCUT2D eigenvalue weighted by atomic mass is 19.2. The lowest BCUT2D eigenvalue weighted by atomic mass is 10.0. The third kappa shape index (κ3) is 2.72. The molecule has 0 heterocycles. The molecule has 0 spiro atoms. The van der Waals surface area contributed by atoms with Gasteiger partial charge in [-0.3, -0.25) is 0 Å². The normalized spacial score (nSPS) is 12.9. The second-order valence-electron chi connectivity index (χ2n) is 3.32. The van der Waals surface area contributed by atoms with E-state index in [4.69, 9.17) is 0 Å². The van der Waals surface area contributed by atoms with Crippen molar-refractivity contribution in [3.05, 3.63) is 35.1 Å². The summed E-state index contributed by atoms with van der Waals surface area (Å²) in [5.41, 5.74) is 0.441. The van der Waals surface area contributed by atoms with Crippen LogP contribution < -0.4 is 5.32 Å². The Morgan fingerprint density at radius 2 is 1.67 bits per heavy atom. The molecule has 84 valence electrons. The van der Waals surface area contributed by atoms with Gasteiger partial charge in [-0.1, -0.05) is 13.8 Å². The van der Waals surface area contributed by atoms with Gasteiger partial charge in [0.25, 0.3) is 0 Å². The first-order valence-corrected chi connectivity index (χ1v) is 4.98. The Balaban J connectivity index is 3.03. The van der Waals surface area contributed by atoms with E-state index in [2.05, 4.69) is 5.32 Å². The summed E-state index contributed by atoms with van der Waals surface area (Å²) in [6.07, 6.45) is 0.693. The van der Waals surface area contributed by atoms with Gasteiger partial charge in [-0.05, 0) is 30.7 Å². The van der Waals surface area contributed by atoms with E-state index in [-0.39, 0.29) is 6.04 Å². The highest BCUT2D eigenvalue weighted by Gasteiger charge is 2.15. The largest absolute Gasteiger partial charge is 0.310 e. The van der Waals surface area contributed by atoms with Crippen LogP contribution in [0.1, 0.15) is 31.9 Å². The Kier molecular flexibility index (Phi) is 4.15. The molecular formula is C11H14F3N. The van der Waals surface area contributed by atoms with E-state index in [0.29, 0.717) is 18.5 Å². The average Bonchev–Trinajstić information content (AvgIpc) is 2.22. The molecule has 1 aromatic rings. The van der Waals surface area contributed by atoms with E-state index in [1.807, 2.05) is 13.8 Å². The molecule has 0 aromatic heterocycles. The molecule has 0 saturated carbocycles. The highest BCUT2D eigenvalue weighted by molar-refractivity contribution is 5.22. The molecule has 1 unspecified atom stereocenters. The maximum atomic E-state index is 12.9. The zero-order valence-electron chi connectivity index (χ0n) is 8.78. The van der Waals surface area contributed by atoms with Crippen LogP contribution in [0.5, 0.6) is 0 Å². The molecule has 1 aromatic carbocycles. The summed E-state index contributed by atoms with van der Waals surface area (Å²) < 4.78 is 38.6. The van der Waals surface area contributed by atoms with Gasteiger partial charge in [-0.15, -0.1) is 0 Å². The van der Waals surface area contributed by atoms with Gasteiger partial charge >= 0.3 is 0 Å². The molecule has 0 saturated heterocycles. The minimum atomic E-state index is -1.41. The lowest BCUT2D eigenvalue weighted by Crippen LogP contribution is -2.20.